The summed E-state index contributed by atoms with van der Waals surface area (Å²) in [6, 6.07) is 7.59. The van der Waals surface area contributed by atoms with Crippen LogP contribution in [0.15, 0.2) is 24.3 Å². The maximum absolute atomic E-state index is 12.1. The number of rotatable bonds is 4. The van der Waals surface area contributed by atoms with Crippen molar-refractivity contribution in [1.82, 2.24) is 4.90 Å². The van der Waals surface area contributed by atoms with Crippen LogP contribution in [-0.2, 0) is 4.79 Å². The van der Waals surface area contributed by atoms with Crippen molar-refractivity contribution in [2.45, 2.75) is 32.2 Å². The second-order valence-electron chi connectivity index (χ2n) is 5.66. The van der Waals surface area contributed by atoms with Gasteiger partial charge in [0.25, 0.3) is 0 Å². The van der Waals surface area contributed by atoms with Gasteiger partial charge in [-0.25, -0.2) is 0 Å². The third kappa shape index (κ3) is 3.73. The monoisotopic (exact) mass is 276 g/mol. The third-order valence-electron chi connectivity index (χ3n) is 4.03. The van der Waals surface area contributed by atoms with Crippen molar-refractivity contribution in [1.29, 1.82) is 0 Å². The minimum Gasteiger partial charge on any atom is -0.497 e. The molecule has 0 bridgehead atoms. The molecule has 1 aromatic rings. The van der Waals surface area contributed by atoms with E-state index < -0.39 is 0 Å². The Hall–Kier alpha value is -1.55. The SMILES string of the molecule is COc1cccc(C(N)CN2CCC(C)CCC2=O)c1. The van der Waals surface area contributed by atoms with Gasteiger partial charge >= 0.3 is 0 Å². The fraction of sp³-hybridized carbons (Fsp3) is 0.562. The van der Waals surface area contributed by atoms with E-state index >= 15 is 0 Å². The van der Waals surface area contributed by atoms with E-state index in [2.05, 4.69) is 6.92 Å². The van der Waals surface area contributed by atoms with Crippen LogP contribution in [0.5, 0.6) is 5.75 Å². The first-order chi connectivity index (χ1) is 9.60. The van der Waals surface area contributed by atoms with E-state index in [1.807, 2.05) is 29.2 Å². The van der Waals surface area contributed by atoms with E-state index in [4.69, 9.17) is 10.5 Å². The second-order valence-corrected chi connectivity index (χ2v) is 5.66. The normalized spacial score (nSPS) is 21.4. The van der Waals surface area contributed by atoms with Crippen molar-refractivity contribution in [3.8, 4) is 5.75 Å². The number of nitrogens with zero attached hydrogens (tertiary/aromatic N) is 1. The maximum atomic E-state index is 12.1. The molecule has 2 unspecified atom stereocenters. The Kier molecular flexibility index (Phi) is 5.01. The molecule has 1 aliphatic rings. The highest BCUT2D eigenvalue weighted by atomic mass is 16.5. The molecule has 1 aromatic carbocycles. The predicted octanol–water partition coefficient (Wildman–Crippen LogP) is 2.34. The predicted molar refractivity (Wildman–Crippen MR) is 79.5 cm³/mol. The first-order valence-electron chi connectivity index (χ1n) is 7.27. The number of benzene rings is 1. The molecule has 110 valence electrons. The standard InChI is InChI=1S/C16H24N2O2/c1-12-6-7-16(19)18(9-8-12)11-15(17)13-4-3-5-14(10-13)20-2/h3-5,10,12,15H,6-9,11,17H2,1-2H3. The number of hydrogen-bond acceptors (Lipinski definition) is 3. The molecule has 0 radical (unpaired) electrons. The van der Waals surface area contributed by atoms with E-state index in [1.165, 1.54) is 0 Å². The van der Waals surface area contributed by atoms with Crippen LogP contribution in [0.3, 0.4) is 0 Å². The smallest absolute Gasteiger partial charge is 0.222 e. The topological polar surface area (TPSA) is 55.6 Å². The molecule has 1 saturated heterocycles. The zero-order chi connectivity index (χ0) is 14.5. The van der Waals surface area contributed by atoms with Gasteiger partial charge in [0.15, 0.2) is 0 Å². The Balaban J connectivity index is 2.02. The molecule has 1 fully saturated rings. The summed E-state index contributed by atoms with van der Waals surface area (Å²) < 4.78 is 5.21. The molecule has 4 nitrogen and oxygen atoms in total. The van der Waals surface area contributed by atoms with Gasteiger partial charge in [-0.1, -0.05) is 19.1 Å². The summed E-state index contributed by atoms with van der Waals surface area (Å²) in [4.78, 5) is 14.0. The minimum absolute atomic E-state index is 0.164. The van der Waals surface area contributed by atoms with Gasteiger partial charge in [0, 0.05) is 25.6 Å². The van der Waals surface area contributed by atoms with Gasteiger partial charge in [0.2, 0.25) is 5.91 Å². The van der Waals surface area contributed by atoms with Crippen LogP contribution in [0.2, 0.25) is 0 Å². The van der Waals surface area contributed by atoms with Gasteiger partial charge in [0.1, 0.15) is 5.75 Å². The lowest BCUT2D eigenvalue weighted by molar-refractivity contribution is -0.130. The summed E-state index contributed by atoms with van der Waals surface area (Å²) in [5.41, 5.74) is 7.26. The van der Waals surface area contributed by atoms with E-state index in [9.17, 15) is 4.79 Å². The number of ether oxygens (including phenoxy) is 1. The summed E-state index contributed by atoms with van der Waals surface area (Å²) in [5, 5.41) is 0. The lowest BCUT2D eigenvalue weighted by Gasteiger charge is -2.25. The summed E-state index contributed by atoms with van der Waals surface area (Å²) in [5.74, 6) is 1.65. The molecule has 4 heteroatoms. The van der Waals surface area contributed by atoms with Gasteiger partial charge < -0.3 is 15.4 Å². The Morgan fingerprint density at radius 1 is 1.45 bits per heavy atom. The van der Waals surface area contributed by atoms with Gasteiger partial charge in [-0.3, -0.25) is 4.79 Å². The van der Waals surface area contributed by atoms with Crippen LogP contribution < -0.4 is 10.5 Å². The lowest BCUT2D eigenvalue weighted by Crippen LogP contribution is -2.36. The number of carbonyl (C=O) groups is 1. The molecular formula is C16H24N2O2. The summed E-state index contributed by atoms with van der Waals surface area (Å²) in [6.45, 7) is 3.61. The fourth-order valence-corrected chi connectivity index (χ4v) is 2.58. The Bertz CT molecular complexity index is 462. The summed E-state index contributed by atoms with van der Waals surface area (Å²) in [6.07, 6.45) is 2.70. The number of likely N-dealkylation sites (tertiary alicyclic amines) is 1. The van der Waals surface area contributed by atoms with Crippen LogP contribution in [0, 0.1) is 5.92 Å². The fourth-order valence-electron chi connectivity index (χ4n) is 2.58. The van der Waals surface area contributed by atoms with Crippen molar-refractivity contribution < 1.29 is 9.53 Å². The van der Waals surface area contributed by atoms with Crippen molar-refractivity contribution in [2.75, 3.05) is 20.2 Å². The zero-order valence-corrected chi connectivity index (χ0v) is 12.3. The average Bonchev–Trinajstić information content (AvgIpc) is 2.62. The van der Waals surface area contributed by atoms with Gasteiger partial charge in [0.05, 0.1) is 7.11 Å². The largest absolute Gasteiger partial charge is 0.497 e. The molecule has 0 aromatic heterocycles. The molecule has 1 amide bonds. The van der Waals surface area contributed by atoms with E-state index in [0.717, 1.165) is 30.7 Å². The molecule has 1 heterocycles. The zero-order valence-electron chi connectivity index (χ0n) is 12.3. The second kappa shape index (κ2) is 6.75. The van der Waals surface area contributed by atoms with E-state index in [-0.39, 0.29) is 11.9 Å². The first-order valence-corrected chi connectivity index (χ1v) is 7.27. The van der Waals surface area contributed by atoms with Crippen LogP contribution in [0.1, 0.15) is 37.8 Å². The van der Waals surface area contributed by atoms with Crippen molar-refractivity contribution in [3.63, 3.8) is 0 Å². The molecule has 2 atom stereocenters. The molecule has 0 saturated carbocycles. The Morgan fingerprint density at radius 2 is 2.25 bits per heavy atom. The van der Waals surface area contributed by atoms with Gasteiger partial charge in [-0.2, -0.15) is 0 Å². The number of carbonyl (C=O) groups excluding carboxylic acids is 1. The minimum atomic E-state index is -0.164. The molecule has 2 rings (SSSR count). The number of nitrogens with two attached hydrogens (primary N) is 1. The summed E-state index contributed by atoms with van der Waals surface area (Å²) in [7, 11) is 1.64. The molecule has 0 aliphatic carbocycles. The summed E-state index contributed by atoms with van der Waals surface area (Å²) >= 11 is 0. The number of hydrogen-bond donors (Lipinski definition) is 1. The molecular weight excluding hydrogens is 252 g/mol. The molecule has 0 spiro atoms. The first kappa shape index (κ1) is 14.9. The molecule has 2 N–H and O–H groups in total. The third-order valence-corrected chi connectivity index (χ3v) is 4.03. The lowest BCUT2D eigenvalue weighted by atomic mass is 10.0. The molecule has 1 aliphatic heterocycles. The van der Waals surface area contributed by atoms with Crippen LogP contribution in [-0.4, -0.2) is 31.0 Å². The Morgan fingerprint density at radius 3 is 3.00 bits per heavy atom. The van der Waals surface area contributed by atoms with Crippen molar-refractivity contribution >= 4 is 5.91 Å². The van der Waals surface area contributed by atoms with Crippen molar-refractivity contribution in [2.24, 2.45) is 11.7 Å². The van der Waals surface area contributed by atoms with E-state index in [1.54, 1.807) is 7.11 Å². The number of methoxy groups -OCH3 is 1. The maximum Gasteiger partial charge on any atom is 0.222 e. The average molecular weight is 276 g/mol. The quantitative estimate of drug-likeness (QED) is 0.918. The highest BCUT2D eigenvalue weighted by Crippen LogP contribution is 2.22. The van der Waals surface area contributed by atoms with Crippen molar-refractivity contribution in [3.05, 3.63) is 29.8 Å². The highest BCUT2D eigenvalue weighted by molar-refractivity contribution is 5.76. The van der Waals surface area contributed by atoms with Crippen LogP contribution >= 0.6 is 0 Å². The number of amides is 1. The van der Waals surface area contributed by atoms with Crippen LogP contribution in [0.25, 0.3) is 0 Å². The van der Waals surface area contributed by atoms with Gasteiger partial charge in [-0.05, 0) is 36.5 Å². The van der Waals surface area contributed by atoms with E-state index in [0.29, 0.717) is 18.9 Å². The van der Waals surface area contributed by atoms with Gasteiger partial charge in [-0.15, -0.1) is 0 Å². The Labute approximate surface area is 120 Å². The highest BCUT2D eigenvalue weighted by Gasteiger charge is 2.22. The van der Waals surface area contributed by atoms with Crippen LogP contribution in [0.4, 0.5) is 0 Å². The molecule has 20 heavy (non-hydrogen) atoms.